The summed E-state index contributed by atoms with van der Waals surface area (Å²) in [7, 11) is 2.07. The van der Waals surface area contributed by atoms with Crippen LogP contribution in [0.4, 0.5) is 0 Å². The summed E-state index contributed by atoms with van der Waals surface area (Å²) in [6.07, 6.45) is 0. The fourth-order valence-electron chi connectivity index (χ4n) is 4.60. The van der Waals surface area contributed by atoms with Crippen LogP contribution in [-0.2, 0) is 26.0 Å². The van der Waals surface area contributed by atoms with E-state index >= 15 is 0 Å². The van der Waals surface area contributed by atoms with Crippen molar-refractivity contribution in [1.29, 1.82) is 0 Å². The van der Waals surface area contributed by atoms with Crippen molar-refractivity contribution >= 4 is 21.8 Å². The highest BCUT2D eigenvalue weighted by Crippen LogP contribution is 2.37. The van der Waals surface area contributed by atoms with E-state index in [9.17, 15) is 0 Å². The minimum Gasteiger partial charge on any atom is -0.491 e. The number of hydrogen-bond donors (Lipinski definition) is 2. The second kappa shape index (κ2) is 16.8. The normalized spacial score (nSPS) is 11.4. The lowest BCUT2D eigenvalue weighted by atomic mass is 9.95. The largest absolute Gasteiger partial charge is 0.491 e. The topological polar surface area (TPSA) is 99.7 Å². The van der Waals surface area contributed by atoms with Crippen LogP contribution in [0.2, 0.25) is 0 Å². The molecule has 0 saturated heterocycles. The molecule has 0 unspecified atom stereocenters. The number of fused-ring (bicyclic) bond motifs is 2. The molecule has 41 heavy (non-hydrogen) atoms. The van der Waals surface area contributed by atoms with Gasteiger partial charge in [0.1, 0.15) is 31.8 Å². The average Bonchev–Trinajstić information content (AvgIpc) is 3.00. The zero-order valence-electron chi connectivity index (χ0n) is 23.6. The molecule has 0 aliphatic rings. The second-order valence-corrected chi connectivity index (χ2v) is 9.25. The monoisotopic (exact) mass is 566 g/mol. The van der Waals surface area contributed by atoms with Gasteiger partial charge in [-0.15, -0.1) is 0 Å². The first-order valence-corrected chi connectivity index (χ1v) is 14.0. The lowest BCUT2D eigenvalue weighted by molar-refractivity contribution is -0.617. The molecule has 1 aromatic heterocycles. The molecule has 0 spiro atoms. The van der Waals surface area contributed by atoms with Crippen molar-refractivity contribution in [2.45, 2.75) is 0 Å². The van der Waals surface area contributed by atoms with Gasteiger partial charge in [-0.3, -0.25) is 0 Å². The third-order valence-corrected chi connectivity index (χ3v) is 6.47. The van der Waals surface area contributed by atoms with Crippen LogP contribution in [0.1, 0.15) is 0 Å². The van der Waals surface area contributed by atoms with E-state index < -0.39 is 0 Å². The maximum absolute atomic E-state index is 8.76. The van der Waals surface area contributed by atoms with Gasteiger partial charge in [0.2, 0.25) is 11.0 Å². The molecule has 0 aliphatic heterocycles. The Hall–Kier alpha value is -3.31. The summed E-state index contributed by atoms with van der Waals surface area (Å²) in [5.74, 6) is 1.53. The highest BCUT2D eigenvalue weighted by molar-refractivity contribution is 6.07. The number of aromatic nitrogens is 1. The van der Waals surface area contributed by atoms with Gasteiger partial charge in [0, 0.05) is 17.7 Å². The van der Waals surface area contributed by atoms with Gasteiger partial charge in [0.25, 0.3) is 0 Å². The third kappa shape index (κ3) is 8.84. The first kappa shape index (κ1) is 30.6. The van der Waals surface area contributed by atoms with Crippen LogP contribution in [0.3, 0.4) is 0 Å². The van der Waals surface area contributed by atoms with Gasteiger partial charge in [-0.2, -0.15) is 4.57 Å². The Bertz CT molecular complexity index is 1270. The Labute approximate surface area is 240 Å². The number of rotatable bonds is 19. The van der Waals surface area contributed by atoms with Crippen LogP contribution in [0, 0.1) is 0 Å². The molecule has 220 valence electrons. The maximum atomic E-state index is 8.76. The number of aliphatic hydroxyl groups excluding tert-OH is 2. The van der Waals surface area contributed by atoms with E-state index in [2.05, 4.69) is 48.0 Å². The number of ether oxygens (including phenoxy) is 6. The van der Waals surface area contributed by atoms with Gasteiger partial charge >= 0.3 is 0 Å². The van der Waals surface area contributed by atoms with Crippen molar-refractivity contribution in [2.75, 3.05) is 79.3 Å². The van der Waals surface area contributed by atoms with Gasteiger partial charge < -0.3 is 38.6 Å². The minimum atomic E-state index is 0.00979. The summed E-state index contributed by atoms with van der Waals surface area (Å²) >= 11 is 0. The molecule has 4 aromatic rings. The predicted octanol–water partition coefficient (Wildman–Crippen LogP) is 3.29. The molecule has 9 heteroatoms. The molecule has 0 aliphatic carbocycles. The summed E-state index contributed by atoms with van der Waals surface area (Å²) in [5.41, 5.74) is 4.40. The van der Waals surface area contributed by atoms with Crippen LogP contribution < -0.4 is 14.0 Å². The van der Waals surface area contributed by atoms with E-state index in [1.54, 1.807) is 0 Å². The van der Waals surface area contributed by atoms with E-state index in [1.807, 2.05) is 30.3 Å². The van der Waals surface area contributed by atoms with Gasteiger partial charge in [-0.05, 0) is 29.8 Å². The number of aliphatic hydroxyl groups is 2. The summed E-state index contributed by atoms with van der Waals surface area (Å²) in [5, 5.41) is 19.7. The Morgan fingerprint density at radius 3 is 1.44 bits per heavy atom. The Balaban J connectivity index is 1.53. The lowest BCUT2D eigenvalue weighted by Gasteiger charge is -2.14. The van der Waals surface area contributed by atoms with Crippen LogP contribution in [0.15, 0.2) is 66.7 Å². The SMILES string of the molecule is C[n+]1c2ccc(OCCOCCOCCO)cc2c(-c2ccccc2)c2cc(OCCOCCOCCO)ccc21. The fraction of sp³-hybridized carbons (Fsp3) is 0.406. The molecular formula is C32H40NO8+. The van der Waals surface area contributed by atoms with E-state index in [4.69, 9.17) is 38.6 Å². The van der Waals surface area contributed by atoms with Crippen LogP contribution in [0.5, 0.6) is 11.5 Å². The third-order valence-electron chi connectivity index (χ3n) is 6.47. The zero-order valence-corrected chi connectivity index (χ0v) is 23.6. The van der Waals surface area contributed by atoms with Gasteiger partial charge in [-0.1, -0.05) is 30.3 Å². The first-order chi connectivity index (χ1) is 20.2. The Morgan fingerprint density at radius 2 is 0.976 bits per heavy atom. The number of benzene rings is 3. The van der Waals surface area contributed by atoms with Gasteiger partial charge in [0.05, 0.1) is 76.8 Å². The van der Waals surface area contributed by atoms with Crippen molar-refractivity contribution in [3.63, 3.8) is 0 Å². The van der Waals surface area contributed by atoms with E-state index in [0.29, 0.717) is 66.1 Å². The first-order valence-electron chi connectivity index (χ1n) is 14.0. The number of aryl methyl sites for hydroxylation is 1. The summed E-state index contributed by atoms with van der Waals surface area (Å²) in [6.45, 7) is 4.17. The zero-order chi connectivity index (χ0) is 28.7. The highest BCUT2D eigenvalue weighted by Gasteiger charge is 2.20. The molecule has 2 N–H and O–H groups in total. The quantitative estimate of drug-likeness (QED) is 0.101. The van der Waals surface area contributed by atoms with Crippen LogP contribution >= 0.6 is 0 Å². The number of hydrogen-bond acceptors (Lipinski definition) is 8. The fourth-order valence-corrected chi connectivity index (χ4v) is 4.60. The van der Waals surface area contributed by atoms with Crippen LogP contribution in [-0.4, -0.2) is 89.5 Å². The summed E-state index contributed by atoms with van der Waals surface area (Å²) in [4.78, 5) is 0. The van der Waals surface area contributed by atoms with Crippen molar-refractivity contribution < 1.29 is 43.2 Å². The number of nitrogens with zero attached hydrogens (tertiary/aromatic N) is 1. The van der Waals surface area contributed by atoms with Gasteiger partial charge in [0.15, 0.2) is 0 Å². The van der Waals surface area contributed by atoms with Crippen molar-refractivity contribution in [2.24, 2.45) is 7.05 Å². The molecule has 1 heterocycles. The Morgan fingerprint density at radius 1 is 0.537 bits per heavy atom. The molecule has 0 fully saturated rings. The summed E-state index contributed by atoms with van der Waals surface area (Å²) in [6, 6.07) is 22.7. The molecule has 0 amide bonds. The van der Waals surface area contributed by atoms with Crippen LogP contribution in [0.25, 0.3) is 32.9 Å². The summed E-state index contributed by atoms with van der Waals surface area (Å²) < 4.78 is 35.8. The average molecular weight is 567 g/mol. The molecule has 0 bridgehead atoms. The molecule has 0 atom stereocenters. The Kier molecular flexibility index (Phi) is 12.6. The molecule has 0 saturated carbocycles. The van der Waals surface area contributed by atoms with Gasteiger partial charge in [-0.25, -0.2) is 0 Å². The molecule has 9 nitrogen and oxygen atoms in total. The molecule has 4 rings (SSSR count). The number of pyridine rings is 1. The minimum absolute atomic E-state index is 0.00979. The predicted molar refractivity (Wildman–Crippen MR) is 157 cm³/mol. The van der Waals surface area contributed by atoms with E-state index in [0.717, 1.165) is 44.4 Å². The standard InChI is InChI=1S/C32H40NO8/c1-33-30-9-7-26(40-21-19-38-17-15-36-13-11-34)23-28(30)32(25-5-3-2-4-6-25)29-24-27(8-10-31(29)33)41-22-20-39-18-16-37-14-12-35/h2-10,23-24,34-35H,11-22H2,1H3/q+1. The smallest absolute Gasteiger partial charge is 0.213 e. The van der Waals surface area contributed by atoms with Crippen molar-refractivity contribution in [3.8, 4) is 22.6 Å². The maximum Gasteiger partial charge on any atom is 0.213 e. The van der Waals surface area contributed by atoms with E-state index in [1.165, 1.54) is 0 Å². The lowest BCUT2D eigenvalue weighted by Crippen LogP contribution is -2.30. The highest BCUT2D eigenvalue weighted by atomic mass is 16.6. The molecule has 0 radical (unpaired) electrons. The molecular weight excluding hydrogens is 526 g/mol. The van der Waals surface area contributed by atoms with E-state index in [-0.39, 0.29) is 13.2 Å². The van der Waals surface area contributed by atoms with Crippen molar-refractivity contribution in [1.82, 2.24) is 0 Å². The second-order valence-electron chi connectivity index (χ2n) is 9.25. The van der Waals surface area contributed by atoms with Crippen molar-refractivity contribution in [3.05, 3.63) is 66.7 Å². The molecule has 3 aromatic carbocycles.